The predicted molar refractivity (Wildman–Crippen MR) is 137 cm³/mol. The van der Waals surface area contributed by atoms with Crippen molar-refractivity contribution in [2.45, 2.75) is 18.6 Å². The normalized spacial score (nSPS) is 10.6. The minimum atomic E-state index is -0.143. The molecule has 172 valence electrons. The highest BCUT2D eigenvalue weighted by Gasteiger charge is 2.12. The van der Waals surface area contributed by atoms with Crippen LogP contribution in [0.1, 0.15) is 21.5 Å². The molecule has 4 rings (SSSR count). The number of nitrogens with zero attached hydrogens (tertiary/aromatic N) is 2. The van der Waals surface area contributed by atoms with E-state index in [1.165, 1.54) is 11.8 Å². The topological polar surface area (TPSA) is 76.0 Å². The number of benzene rings is 3. The summed E-state index contributed by atoms with van der Waals surface area (Å²) < 4.78 is 1.88. The van der Waals surface area contributed by atoms with Crippen molar-refractivity contribution in [3.05, 3.63) is 107 Å². The van der Waals surface area contributed by atoms with Crippen molar-refractivity contribution in [3.63, 3.8) is 0 Å². The van der Waals surface area contributed by atoms with Gasteiger partial charge in [0.15, 0.2) is 5.16 Å². The second-order valence-corrected chi connectivity index (χ2v) is 8.89. The fourth-order valence-corrected chi connectivity index (χ4v) is 4.25. The average Bonchev–Trinajstić information content (AvgIpc) is 3.33. The van der Waals surface area contributed by atoms with Crippen LogP contribution in [0.4, 0.5) is 5.69 Å². The third kappa shape index (κ3) is 5.87. The van der Waals surface area contributed by atoms with Crippen molar-refractivity contribution in [3.8, 4) is 5.69 Å². The fraction of sp³-hybridized carbons (Fsp3) is 0.115. The molecule has 0 fully saturated rings. The maximum Gasteiger partial charge on any atom is 0.251 e. The standard InChI is InChI=1S/C26H23ClN4O2S/c1-18-22(27)8-5-9-23(18)30-24(32)17-34-26-28-14-15-31(26)21-12-10-20(11-13-21)25(33)29-16-19-6-3-2-4-7-19/h2-15H,16-17H2,1H3,(H,29,33)(H,30,32). The molecule has 4 aromatic rings. The van der Waals surface area contributed by atoms with Gasteiger partial charge < -0.3 is 10.6 Å². The van der Waals surface area contributed by atoms with Crippen LogP contribution in [0.15, 0.2) is 90.3 Å². The third-order valence-corrected chi connectivity index (χ3v) is 6.56. The molecule has 0 spiro atoms. The minimum Gasteiger partial charge on any atom is -0.348 e. The summed E-state index contributed by atoms with van der Waals surface area (Å²) in [5.41, 5.74) is 4.00. The first kappa shape index (κ1) is 23.6. The summed E-state index contributed by atoms with van der Waals surface area (Å²) in [4.78, 5) is 29.3. The molecule has 2 amide bonds. The van der Waals surface area contributed by atoms with Crippen LogP contribution in [-0.4, -0.2) is 27.1 Å². The molecule has 3 aromatic carbocycles. The van der Waals surface area contributed by atoms with Crippen molar-refractivity contribution in [2.75, 3.05) is 11.1 Å². The summed E-state index contributed by atoms with van der Waals surface area (Å²) >= 11 is 7.46. The van der Waals surface area contributed by atoms with E-state index in [-0.39, 0.29) is 17.6 Å². The summed E-state index contributed by atoms with van der Waals surface area (Å²) in [7, 11) is 0. The van der Waals surface area contributed by atoms with Crippen molar-refractivity contribution < 1.29 is 9.59 Å². The van der Waals surface area contributed by atoms with Gasteiger partial charge in [-0.2, -0.15) is 0 Å². The van der Waals surface area contributed by atoms with Gasteiger partial charge in [-0.3, -0.25) is 14.2 Å². The molecule has 1 aromatic heterocycles. The Morgan fingerprint density at radius 2 is 1.76 bits per heavy atom. The lowest BCUT2D eigenvalue weighted by atomic mass is 10.1. The molecule has 0 unspecified atom stereocenters. The Hall–Kier alpha value is -3.55. The van der Waals surface area contributed by atoms with Crippen molar-refractivity contribution in [1.82, 2.24) is 14.9 Å². The molecule has 0 saturated carbocycles. The number of hydrogen-bond acceptors (Lipinski definition) is 4. The van der Waals surface area contributed by atoms with Crippen LogP contribution >= 0.6 is 23.4 Å². The quantitative estimate of drug-likeness (QED) is 0.320. The van der Waals surface area contributed by atoms with Crippen molar-refractivity contribution >= 4 is 40.9 Å². The Kier molecular flexibility index (Phi) is 7.67. The zero-order valence-electron chi connectivity index (χ0n) is 18.5. The third-order valence-electron chi connectivity index (χ3n) is 5.18. The highest BCUT2D eigenvalue weighted by molar-refractivity contribution is 7.99. The first-order valence-corrected chi connectivity index (χ1v) is 12.0. The van der Waals surface area contributed by atoms with Gasteiger partial charge in [-0.25, -0.2) is 4.98 Å². The second-order valence-electron chi connectivity index (χ2n) is 7.54. The molecule has 6 nitrogen and oxygen atoms in total. The smallest absolute Gasteiger partial charge is 0.251 e. The zero-order valence-corrected chi connectivity index (χ0v) is 20.1. The number of carbonyl (C=O) groups is 2. The van der Waals surface area contributed by atoms with Gasteiger partial charge in [0.05, 0.1) is 5.75 Å². The maximum absolute atomic E-state index is 12.5. The number of thioether (sulfide) groups is 1. The lowest BCUT2D eigenvalue weighted by Crippen LogP contribution is -2.22. The number of nitrogens with one attached hydrogen (secondary N) is 2. The van der Waals surface area contributed by atoms with Gasteiger partial charge in [-0.15, -0.1) is 0 Å². The molecule has 0 aliphatic carbocycles. The Balaban J connectivity index is 1.35. The largest absolute Gasteiger partial charge is 0.348 e. The van der Waals surface area contributed by atoms with Crippen LogP contribution in [0, 0.1) is 6.92 Å². The first-order valence-electron chi connectivity index (χ1n) is 10.6. The van der Waals surface area contributed by atoms with E-state index in [0.717, 1.165) is 16.8 Å². The summed E-state index contributed by atoms with van der Waals surface area (Å²) in [6.07, 6.45) is 3.51. The molecule has 0 aliphatic heterocycles. The molecule has 34 heavy (non-hydrogen) atoms. The highest BCUT2D eigenvalue weighted by Crippen LogP contribution is 2.24. The maximum atomic E-state index is 12.5. The lowest BCUT2D eigenvalue weighted by Gasteiger charge is -2.11. The number of halogens is 1. The highest BCUT2D eigenvalue weighted by atomic mass is 35.5. The number of imidazole rings is 1. The molecular weight excluding hydrogens is 468 g/mol. The Morgan fingerprint density at radius 1 is 1.00 bits per heavy atom. The monoisotopic (exact) mass is 490 g/mol. The predicted octanol–water partition coefficient (Wildman–Crippen LogP) is 5.49. The van der Waals surface area contributed by atoms with Gasteiger partial charge in [0.2, 0.25) is 5.91 Å². The van der Waals surface area contributed by atoms with E-state index in [9.17, 15) is 9.59 Å². The summed E-state index contributed by atoms with van der Waals surface area (Å²) in [5, 5.41) is 7.11. The van der Waals surface area contributed by atoms with Crippen LogP contribution < -0.4 is 10.6 Å². The summed E-state index contributed by atoms with van der Waals surface area (Å²) in [6, 6.07) is 22.5. The first-order chi connectivity index (χ1) is 16.5. The van der Waals surface area contributed by atoms with Gasteiger partial charge in [0.25, 0.3) is 5.91 Å². The number of carbonyl (C=O) groups excluding carboxylic acids is 2. The Bertz CT molecular complexity index is 1290. The van der Waals surface area contributed by atoms with E-state index < -0.39 is 0 Å². The molecule has 0 saturated heterocycles. The minimum absolute atomic E-state index is 0.136. The van der Waals surface area contributed by atoms with E-state index in [2.05, 4.69) is 15.6 Å². The van der Waals surface area contributed by atoms with Crippen molar-refractivity contribution in [1.29, 1.82) is 0 Å². The number of rotatable bonds is 8. The zero-order chi connectivity index (χ0) is 23.9. The summed E-state index contributed by atoms with van der Waals surface area (Å²) in [5.74, 6) is -0.0814. The van der Waals surface area contributed by atoms with Gasteiger partial charge >= 0.3 is 0 Å². The van der Waals surface area contributed by atoms with E-state index in [1.54, 1.807) is 30.5 Å². The van der Waals surface area contributed by atoms with Gasteiger partial charge in [0.1, 0.15) is 0 Å². The second kappa shape index (κ2) is 11.0. The molecule has 0 bridgehead atoms. The molecule has 8 heteroatoms. The number of amides is 2. The molecular formula is C26H23ClN4O2S. The van der Waals surface area contributed by atoms with Crippen LogP contribution in [0.2, 0.25) is 5.02 Å². The van der Waals surface area contributed by atoms with Crippen LogP contribution in [0.5, 0.6) is 0 Å². The summed E-state index contributed by atoms with van der Waals surface area (Å²) in [6.45, 7) is 2.34. The molecule has 2 N–H and O–H groups in total. The molecule has 0 atom stereocenters. The number of hydrogen-bond donors (Lipinski definition) is 2. The lowest BCUT2D eigenvalue weighted by molar-refractivity contribution is -0.113. The van der Waals surface area contributed by atoms with Gasteiger partial charge in [-0.05, 0) is 54.4 Å². The van der Waals surface area contributed by atoms with Gasteiger partial charge in [0, 0.05) is 40.9 Å². The van der Waals surface area contributed by atoms with Crippen molar-refractivity contribution in [2.24, 2.45) is 0 Å². The van der Waals surface area contributed by atoms with Crippen LogP contribution in [-0.2, 0) is 11.3 Å². The SMILES string of the molecule is Cc1c(Cl)cccc1NC(=O)CSc1nccn1-c1ccc(C(=O)NCc2ccccc2)cc1. The van der Waals surface area contributed by atoms with E-state index in [4.69, 9.17) is 11.6 Å². The fourth-order valence-electron chi connectivity index (χ4n) is 3.31. The average molecular weight is 491 g/mol. The molecule has 0 radical (unpaired) electrons. The van der Waals surface area contributed by atoms with Crippen LogP contribution in [0.3, 0.4) is 0 Å². The van der Waals surface area contributed by atoms with E-state index in [0.29, 0.717) is 28.0 Å². The number of aromatic nitrogens is 2. The van der Waals surface area contributed by atoms with E-state index in [1.807, 2.05) is 66.2 Å². The van der Waals surface area contributed by atoms with E-state index >= 15 is 0 Å². The van der Waals surface area contributed by atoms with Crippen LogP contribution in [0.25, 0.3) is 5.69 Å². The number of anilines is 1. The molecule has 0 aliphatic rings. The Labute approximate surface area is 207 Å². The molecule has 1 heterocycles. The van der Waals surface area contributed by atoms with Gasteiger partial charge in [-0.1, -0.05) is 59.8 Å². The Morgan fingerprint density at radius 3 is 2.53 bits per heavy atom.